The summed E-state index contributed by atoms with van der Waals surface area (Å²) in [6.07, 6.45) is 2.12. The smallest absolute Gasteiger partial charge is 0.272 e. The van der Waals surface area contributed by atoms with Crippen LogP contribution in [0.2, 0.25) is 0 Å². The molecule has 0 radical (unpaired) electrons. The van der Waals surface area contributed by atoms with Gasteiger partial charge in [0.05, 0.1) is 12.7 Å². The average Bonchev–Trinajstić information content (AvgIpc) is 3.46. The molecule has 1 saturated carbocycles. The van der Waals surface area contributed by atoms with E-state index in [4.69, 9.17) is 9.47 Å². The minimum absolute atomic E-state index is 0.0779. The van der Waals surface area contributed by atoms with Gasteiger partial charge in [-0.05, 0) is 50.3 Å². The van der Waals surface area contributed by atoms with E-state index in [9.17, 15) is 9.90 Å². The molecule has 6 nitrogen and oxygen atoms in total. The number of aliphatic hydroxyl groups is 1. The van der Waals surface area contributed by atoms with E-state index in [2.05, 4.69) is 29.2 Å². The van der Waals surface area contributed by atoms with E-state index >= 15 is 0 Å². The molecule has 2 aliphatic rings. The maximum atomic E-state index is 13.0. The lowest BCUT2D eigenvalue weighted by Gasteiger charge is -2.32. The maximum absolute atomic E-state index is 13.0. The zero-order valence-corrected chi connectivity index (χ0v) is 17.2. The van der Waals surface area contributed by atoms with Crippen LogP contribution in [-0.2, 0) is 5.41 Å². The Labute approximate surface area is 171 Å². The van der Waals surface area contributed by atoms with Crippen LogP contribution >= 0.6 is 0 Å². The predicted octanol–water partition coefficient (Wildman–Crippen LogP) is 3.04. The minimum atomic E-state index is -0.969. The number of carbonyl (C=O) groups is 1. The van der Waals surface area contributed by atoms with Gasteiger partial charge in [-0.1, -0.05) is 30.3 Å². The van der Waals surface area contributed by atoms with Crippen molar-refractivity contribution in [3.05, 3.63) is 53.7 Å². The van der Waals surface area contributed by atoms with Gasteiger partial charge in [0, 0.05) is 18.5 Å². The number of aromatic nitrogens is 1. The first kappa shape index (κ1) is 19.7. The summed E-state index contributed by atoms with van der Waals surface area (Å²) < 4.78 is 10.9. The summed E-state index contributed by atoms with van der Waals surface area (Å²) in [6, 6.07) is 14.0. The molecule has 2 unspecified atom stereocenters. The molecule has 0 spiro atoms. The first-order valence-corrected chi connectivity index (χ1v) is 10.1. The van der Waals surface area contributed by atoms with Gasteiger partial charge >= 0.3 is 0 Å². The predicted molar refractivity (Wildman–Crippen MR) is 109 cm³/mol. The lowest BCUT2D eigenvalue weighted by molar-refractivity contribution is 0.0273. The zero-order chi connectivity index (χ0) is 20.6. The molecule has 1 aliphatic heterocycles. The van der Waals surface area contributed by atoms with E-state index in [0.717, 1.165) is 25.9 Å². The highest BCUT2D eigenvalue weighted by Crippen LogP contribution is 2.59. The first-order chi connectivity index (χ1) is 13.8. The Bertz CT molecular complexity index is 893. The van der Waals surface area contributed by atoms with Gasteiger partial charge in [-0.2, -0.15) is 0 Å². The number of carbonyl (C=O) groups excluding carboxylic acids is 1. The van der Waals surface area contributed by atoms with Gasteiger partial charge < -0.3 is 19.5 Å². The number of nitrogens with zero attached hydrogens (tertiary/aromatic N) is 2. The molecule has 1 aromatic carbocycles. The van der Waals surface area contributed by atoms with Crippen LogP contribution in [0, 0.1) is 5.92 Å². The van der Waals surface area contributed by atoms with Crippen LogP contribution in [0.15, 0.2) is 42.5 Å². The number of likely N-dealkylation sites (tertiary alicyclic amines) is 1. The third-order valence-electron chi connectivity index (χ3n) is 5.96. The van der Waals surface area contributed by atoms with E-state index in [1.54, 1.807) is 26.0 Å². The molecule has 1 aliphatic carbocycles. The van der Waals surface area contributed by atoms with E-state index in [1.165, 1.54) is 12.7 Å². The number of methoxy groups -OCH3 is 1. The SMILES string of the molecule is COc1nc(C(=O)N2CCC3(c4ccccc4)CC3C2)ccc1OCC(C)(C)O. The van der Waals surface area contributed by atoms with Crippen LogP contribution in [0.4, 0.5) is 0 Å². The normalized spacial score (nSPS) is 23.3. The minimum Gasteiger partial charge on any atom is -0.485 e. The first-order valence-electron chi connectivity index (χ1n) is 10.1. The van der Waals surface area contributed by atoms with Crippen LogP contribution < -0.4 is 9.47 Å². The monoisotopic (exact) mass is 396 g/mol. The van der Waals surface area contributed by atoms with Crippen LogP contribution in [-0.4, -0.2) is 53.3 Å². The molecule has 1 N–H and O–H groups in total. The zero-order valence-electron chi connectivity index (χ0n) is 17.2. The molecule has 1 aromatic heterocycles. The van der Waals surface area contributed by atoms with E-state index in [0.29, 0.717) is 17.4 Å². The molecule has 1 amide bonds. The highest BCUT2D eigenvalue weighted by atomic mass is 16.5. The maximum Gasteiger partial charge on any atom is 0.272 e. The summed E-state index contributed by atoms with van der Waals surface area (Å²) in [5, 5.41) is 9.84. The highest BCUT2D eigenvalue weighted by molar-refractivity contribution is 5.92. The van der Waals surface area contributed by atoms with Gasteiger partial charge in [0.1, 0.15) is 12.3 Å². The topological polar surface area (TPSA) is 71.9 Å². The Balaban J connectivity index is 1.44. The van der Waals surface area contributed by atoms with Crippen molar-refractivity contribution in [2.75, 3.05) is 26.8 Å². The Morgan fingerprint density at radius 3 is 2.69 bits per heavy atom. The molecule has 2 heterocycles. The summed E-state index contributed by atoms with van der Waals surface area (Å²) in [5.74, 6) is 1.10. The van der Waals surface area contributed by atoms with Gasteiger partial charge in [-0.15, -0.1) is 0 Å². The van der Waals surface area contributed by atoms with Crippen molar-refractivity contribution in [2.24, 2.45) is 5.92 Å². The van der Waals surface area contributed by atoms with Crippen LogP contribution in [0.3, 0.4) is 0 Å². The number of hydrogen-bond acceptors (Lipinski definition) is 5. The van der Waals surface area contributed by atoms with Gasteiger partial charge in [-0.25, -0.2) is 4.98 Å². The fraction of sp³-hybridized carbons (Fsp3) is 0.478. The summed E-state index contributed by atoms with van der Waals surface area (Å²) in [4.78, 5) is 19.3. The molecule has 2 atom stereocenters. The summed E-state index contributed by atoms with van der Waals surface area (Å²) >= 11 is 0. The molecular formula is C23H28N2O4. The van der Waals surface area contributed by atoms with Crippen molar-refractivity contribution in [3.63, 3.8) is 0 Å². The number of benzene rings is 1. The standard InChI is InChI=1S/C23H28N2O4/c1-22(2,27)15-29-19-10-9-18(24-20(19)28-3)21(26)25-12-11-23(13-17(23)14-25)16-7-5-4-6-8-16/h4-10,17,27H,11-15H2,1-3H3. The molecule has 1 saturated heterocycles. The number of amides is 1. The fourth-order valence-electron chi connectivity index (χ4n) is 4.29. The van der Waals surface area contributed by atoms with Gasteiger partial charge in [-0.3, -0.25) is 4.79 Å². The summed E-state index contributed by atoms with van der Waals surface area (Å²) in [7, 11) is 1.49. The molecule has 2 aromatic rings. The van der Waals surface area contributed by atoms with Crippen molar-refractivity contribution >= 4 is 5.91 Å². The van der Waals surface area contributed by atoms with E-state index in [1.807, 2.05) is 11.0 Å². The second-order valence-corrected chi connectivity index (χ2v) is 8.73. The van der Waals surface area contributed by atoms with Crippen molar-refractivity contribution < 1.29 is 19.4 Å². The number of piperidine rings is 1. The number of ether oxygens (including phenoxy) is 2. The Hall–Kier alpha value is -2.60. The Kier molecular flexibility index (Phi) is 4.99. The van der Waals surface area contributed by atoms with Gasteiger partial charge in [0.25, 0.3) is 11.8 Å². The molecular weight excluding hydrogens is 368 g/mol. The van der Waals surface area contributed by atoms with Crippen molar-refractivity contribution in [2.45, 2.75) is 37.7 Å². The van der Waals surface area contributed by atoms with Crippen molar-refractivity contribution in [1.29, 1.82) is 0 Å². The Morgan fingerprint density at radius 1 is 1.28 bits per heavy atom. The number of rotatable bonds is 6. The van der Waals surface area contributed by atoms with E-state index < -0.39 is 5.60 Å². The molecule has 6 heteroatoms. The largest absolute Gasteiger partial charge is 0.485 e. The summed E-state index contributed by atoms with van der Waals surface area (Å²) in [5.41, 5.74) is 1.02. The number of hydrogen-bond donors (Lipinski definition) is 1. The second-order valence-electron chi connectivity index (χ2n) is 8.73. The summed E-state index contributed by atoms with van der Waals surface area (Å²) in [6.45, 7) is 4.91. The molecule has 29 heavy (non-hydrogen) atoms. The second kappa shape index (κ2) is 7.34. The van der Waals surface area contributed by atoms with Crippen LogP contribution in [0.25, 0.3) is 0 Å². The third-order valence-corrected chi connectivity index (χ3v) is 5.96. The third kappa shape index (κ3) is 3.94. The van der Waals surface area contributed by atoms with Gasteiger partial charge in [0.15, 0.2) is 5.75 Å². The Morgan fingerprint density at radius 2 is 2.03 bits per heavy atom. The number of pyridine rings is 1. The van der Waals surface area contributed by atoms with Crippen molar-refractivity contribution in [1.82, 2.24) is 9.88 Å². The van der Waals surface area contributed by atoms with Crippen LogP contribution in [0.1, 0.15) is 42.7 Å². The van der Waals surface area contributed by atoms with E-state index in [-0.39, 0.29) is 23.8 Å². The average molecular weight is 396 g/mol. The van der Waals surface area contributed by atoms with Crippen molar-refractivity contribution in [3.8, 4) is 11.6 Å². The highest BCUT2D eigenvalue weighted by Gasteiger charge is 2.57. The lowest BCUT2D eigenvalue weighted by Crippen LogP contribution is -2.40. The molecule has 2 fully saturated rings. The van der Waals surface area contributed by atoms with Gasteiger partial charge in [0.2, 0.25) is 0 Å². The molecule has 0 bridgehead atoms. The lowest BCUT2D eigenvalue weighted by atomic mass is 9.87. The number of fused-ring (bicyclic) bond motifs is 1. The molecule has 4 rings (SSSR count). The van der Waals surface area contributed by atoms with Crippen LogP contribution in [0.5, 0.6) is 11.6 Å². The quantitative estimate of drug-likeness (QED) is 0.813. The molecule has 154 valence electrons. The fourth-order valence-corrected chi connectivity index (χ4v) is 4.29.